The van der Waals surface area contributed by atoms with Gasteiger partial charge in [-0.25, -0.2) is 4.98 Å². The molecule has 23 heavy (non-hydrogen) atoms. The fraction of sp³-hybridized carbons (Fsp3) is 0.562. The summed E-state index contributed by atoms with van der Waals surface area (Å²) >= 11 is 1.62. The molecule has 0 bridgehead atoms. The SMILES string of the molecule is CC(C)[C@@H](NC(=O)CC1=CSC2=NCCCN12)c1nccn1C. The van der Waals surface area contributed by atoms with Crippen molar-refractivity contribution in [2.45, 2.75) is 32.7 Å². The van der Waals surface area contributed by atoms with Crippen LogP contribution in [0.3, 0.4) is 0 Å². The van der Waals surface area contributed by atoms with E-state index in [1.807, 2.05) is 17.8 Å². The van der Waals surface area contributed by atoms with Gasteiger partial charge in [-0.1, -0.05) is 25.6 Å². The van der Waals surface area contributed by atoms with Crippen molar-refractivity contribution in [3.05, 3.63) is 29.3 Å². The zero-order valence-electron chi connectivity index (χ0n) is 13.8. The van der Waals surface area contributed by atoms with Crippen molar-refractivity contribution in [1.82, 2.24) is 19.8 Å². The van der Waals surface area contributed by atoms with Crippen LogP contribution in [0.5, 0.6) is 0 Å². The van der Waals surface area contributed by atoms with Gasteiger partial charge in [0, 0.05) is 38.2 Å². The van der Waals surface area contributed by atoms with E-state index in [0.717, 1.165) is 36.2 Å². The molecule has 0 saturated heterocycles. The van der Waals surface area contributed by atoms with E-state index in [1.54, 1.807) is 18.0 Å². The maximum Gasteiger partial charge on any atom is 0.226 e. The van der Waals surface area contributed by atoms with Crippen molar-refractivity contribution < 1.29 is 4.79 Å². The lowest BCUT2D eigenvalue weighted by atomic mass is 10.0. The van der Waals surface area contributed by atoms with E-state index in [0.29, 0.717) is 6.42 Å². The zero-order valence-corrected chi connectivity index (χ0v) is 14.6. The van der Waals surface area contributed by atoms with Crippen molar-refractivity contribution >= 4 is 22.8 Å². The van der Waals surface area contributed by atoms with E-state index in [4.69, 9.17) is 0 Å². The van der Waals surface area contributed by atoms with Crippen molar-refractivity contribution in [3.63, 3.8) is 0 Å². The molecule has 3 heterocycles. The van der Waals surface area contributed by atoms with Gasteiger partial charge in [0.1, 0.15) is 5.82 Å². The lowest BCUT2D eigenvalue weighted by Crippen LogP contribution is -2.36. The van der Waals surface area contributed by atoms with Crippen molar-refractivity contribution in [2.75, 3.05) is 13.1 Å². The molecule has 0 spiro atoms. The maximum atomic E-state index is 12.5. The van der Waals surface area contributed by atoms with Crippen LogP contribution in [0.2, 0.25) is 0 Å². The molecule has 1 aromatic heterocycles. The second-order valence-corrected chi connectivity index (χ2v) is 7.10. The third-order valence-corrected chi connectivity index (χ3v) is 5.08. The van der Waals surface area contributed by atoms with Gasteiger partial charge in [0.2, 0.25) is 5.91 Å². The summed E-state index contributed by atoms with van der Waals surface area (Å²) in [4.78, 5) is 23.6. The number of amidine groups is 1. The fourth-order valence-corrected chi connectivity index (χ4v) is 3.82. The largest absolute Gasteiger partial charge is 0.346 e. The summed E-state index contributed by atoms with van der Waals surface area (Å²) < 4.78 is 1.96. The predicted octanol–water partition coefficient (Wildman–Crippen LogP) is 2.27. The van der Waals surface area contributed by atoms with Gasteiger partial charge in [0.05, 0.1) is 12.5 Å². The number of hydrogen-bond donors (Lipinski definition) is 1. The van der Waals surface area contributed by atoms with Crippen molar-refractivity contribution in [3.8, 4) is 0 Å². The molecule has 0 unspecified atom stereocenters. The summed E-state index contributed by atoms with van der Waals surface area (Å²) in [7, 11) is 1.95. The smallest absolute Gasteiger partial charge is 0.226 e. The fourth-order valence-electron chi connectivity index (χ4n) is 2.87. The van der Waals surface area contributed by atoms with Crippen molar-refractivity contribution in [2.24, 2.45) is 18.0 Å². The number of thioether (sulfide) groups is 1. The second kappa shape index (κ2) is 6.78. The number of carbonyl (C=O) groups excluding carboxylic acids is 1. The first-order chi connectivity index (χ1) is 11.1. The number of carbonyl (C=O) groups is 1. The molecular weight excluding hydrogens is 310 g/mol. The number of nitrogens with one attached hydrogen (secondary N) is 1. The Bertz CT molecular complexity index is 649. The number of aliphatic imine (C=N–C) groups is 1. The summed E-state index contributed by atoms with van der Waals surface area (Å²) in [6.07, 6.45) is 5.11. The average molecular weight is 333 g/mol. The van der Waals surface area contributed by atoms with Crippen LogP contribution in [0, 0.1) is 5.92 Å². The highest BCUT2D eigenvalue weighted by Crippen LogP contribution is 2.30. The minimum Gasteiger partial charge on any atom is -0.346 e. The topological polar surface area (TPSA) is 62.5 Å². The summed E-state index contributed by atoms with van der Waals surface area (Å²) in [6.45, 7) is 6.04. The van der Waals surface area contributed by atoms with Crippen LogP contribution in [-0.4, -0.2) is 38.6 Å². The highest BCUT2D eigenvalue weighted by molar-refractivity contribution is 8.16. The van der Waals surface area contributed by atoms with Gasteiger partial charge in [0.25, 0.3) is 0 Å². The normalized spacial score (nSPS) is 18.5. The summed E-state index contributed by atoms with van der Waals surface area (Å²) in [5, 5.41) is 6.22. The van der Waals surface area contributed by atoms with Gasteiger partial charge in [0.15, 0.2) is 5.17 Å². The number of rotatable bonds is 5. The minimum absolute atomic E-state index is 0.0328. The Morgan fingerprint density at radius 1 is 1.48 bits per heavy atom. The number of amides is 1. The van der Waals surface area contributed by atoms with Gasteiger partial charge in [-0.15, -0.1) is 0 Å². The van der Waals surface area contributed by atoms with Crippen LogP contribution in [0.15, 0.2) is 28.5 Å². The molecule has 1 atom stereocenters. The molecule has 0 fully saturated rings. The van der Waals surface area contributed by atoms with Crippen LogP contribution >= 0.6 is 11.8 Å². The van der Waals surface area contributed by atoms with Crippen LogP contribution in [0.25, 0.3) is 0 Å². The van der Waals surface area contributed by atoms with Crippen LogP contribution in [-0.2, 0) is 11.8 Å². The Morgan fingerprint density at radius 2 is 2.30 bits per heavy atom. The number of hydrogen-bond acceptors (Lipinski definition) is 5. The Balaban J connectivity index is 1.65. The molecule has 2 aliphatic rings. The number of imidazole rings is 1. The molecular formula is C16H23N5OS. The molecule has 1 amide bonds. The molecule has 1 aromatic rings. The van der Waals surface area contributed by atoms with Crippen LogP contribution in [0.4, 0.5) is 0 Å². The molecule has 2 aliphatic heterocycles. The highest BCUT2D eigenvalue weighted by Gasteiger charge is 2.28. The number of nitrogens with zero attached hydrogens (tertiary/aromatic N) is 4. The number of fused-ring (bicyclic) bond motifs is 1. The quantitative estimate of drug-likeness (QED) is 0.898. The monoisotopic (exact) mass is 333 g/mol. The summed E-state index contributed by atoms with van der Waals surface area (Å²) in [6, 6.07) is -0.0772. The van der Waals surface area contributed by atoms with E-state index < -0.39 is 0 Å². The van der Waals surface area contributed by atoms with E-state index in [2.05, 4.69) is 39.4 Å². The highest BCUT2D eigenvalue weighted by atomic mass is 32.2. The Hall–Kier alpha value is -1.76. The Labute approximate surface area is 141 Å². The average Bonchev–Trinajstić information content (AvgIpc) is 3.12. The van der Waals surface area contributed by atoms with Gasteiger partial charge >= 0.3 is 0 Å². The number of aryl methyl sites for hydroxylation is 1. The van der Waals surface area contributed by atoms with Gasteiger partial charge in [-0.05, 0) is 17.7 Å². The van der Waals surface area contributed by atoms with E-state index in [1.165, 1.54) is 0 Å². The van der Waals surface area contributed by atoms with E-state index in [9.17, 15) is 4.79 Å². The zero-order chi connectivity index (χ0) is 16.4. The van der Waals surface area contributed by atoms with Crippen LogP contribution < -0.4 is 5.32 Å². The van der Waals surface area contributed by atoms with Crippen molar-refractivity contribution in [1.29, 1.82) is 0 Å². The maximum absolute atomic E-state index is 12.5. The summed E-state index contributed by atoms with van der Waals surface area (Å²) in [5.74, 6) is 1.20. The standard InChI is InChI=1S/C16H23N5OS/c1-11(2)14(15-17-6-8-20(15)3)19-13(22)9-12-10-23-16-18-5-4-7-21(12)16/h6,8,10-11,14H,4-5,7,9H2,1-3H3,(H,19,22)/t14-/m1/s1. The van der Waals surface area contributed by atoms with Gasteiger partial charge in [-0.2, -0.15) is 0 Å². The molecule has 0 saturated carbocycles. The second-order valence-electron chi connectivity index (χ2n) is 6.26. The molecule has 7 heteroatoms. The Morgan fingerprint density at radius 3 is 3.00 bits per heavy atom. The van der Waals surface area contributed by atoms with E-state index >= 15 is 0 Å². The Kier molecular flexibility index (Phi) is 4.75. The molecule has 3 rings (SSSR count). The lowest BCUT2D eigenvalue weighted by Gasteiger charge is -2.26. The first-order valence-corrected chi connectivity index (χ1v) is 8.88. The third kappa shape index (κ3) is 3.44. The minimum atomic E-state index is -0.0772. The van der Waals surface area contributed by atoms with Gasteiger partial charge < -0.3 is 14.8 Å². The first-order valence-electron chi connectivity index (χ1n) is 8.00. The predicted molar refractivity (Wildman–Crippen MR) is 92.8 cm³/mol. The first kappa shape index (κ1) is 16.1. The lowest BCUT2D eigenvalue weighted by molar-refractivity contribution is -0.121. The summed E-state index contributed by atoms with van der Waals surface area (Å²) in [5.41, 5.74) is 1.05. The van der Waals surface area contributed by atoms with Gasteiger partial charge in [-0.3, -0.25) is 9.79 Å². The molecule has 0 radical (unpaired) electrons. The molecule has 6 nitrogen and oxygen atoms in total. The molecule has 1 N–H and O–H groups in total. The van der Waals surface area contributed by atoms with Crippen LogP contribution in [0.1, 0.15) is 38.6 Å². The van der Waals surface area contributed by atoms with E-state index in [-0.39, 0.29) is 17.9 Å². The molecule has 0 aliphatic carbocycles. The molecule has 0 aromatic carbocycles. The number of aromatic nitrogens is 2. The third-order valence-electron chi connectivity index (χ3n) is 4.13. The molecule has 124 valence electrons.